The van der Waals surface area contributed by atoms with Gasteiger partial charge in [-0.05, 0) is 31.2 Å². The van der Waals surface area contributed by atoms with Gasteiger partial charge in [0.25, 0.3) is 5.91 Å². The van der Waals surface area contributed by atoms with Crippen LogP contribution in [0.25, 0.3) is 0 Å². The van der Waals surface area contributed by atoms with Crippen LogP contribution in [0.1, 0.15) is 22.8 Å². The Bertz CT molecular complexity index is 728. The highest BCUT2D eigenvalue weighted by Crippen LogP contribution is 2.05. The summed E-state index contributed by atoms with van der Waals surface area (Å²) in [6, 6.07) is 10.5. The fourth-order valence-electron chi connectivity index (χ4n) is 1.71. The van der Waals surface area contributed by atoms with Gasteiger partial charge < -0.3 is 10.1 Å². The van der Waals surface area contributed by atoms with E-state index in [2.05, 4.69) is 22.1 Å². The van der Waals surface area contributed by atoms with Crippen molar-refractivity contribution in [3.63, 3.8) is 0 Å². The zero-order valence-corrected chi connectivity index (χ0v) is 12.7. The van der Waals surface area contributed by atoms with Crippen LogP contribution in [0.4, 0.5) is 0 Å². The van der Waals surface area contributed by atoms with Gasteiger partial charge in [-0.3, -0.25) is 14.6 Å². The molecule has 2 aromatic rings. The molecule has 5 nitrogen and oxygen atoms in total. The Morgan fingerprint density at radius 2 is 2.00 bits per heavy atom. The van der Waals surface area contributed by atoms with Gasteiger partial charge in [0.15, 0.2) is 12.4 Å². The quantitative estimate of drug-likeness (QED) is 0.676. The fraction of sp³-hybridized carbons (Fsp3) is 0.167. The van der Waals surface area contributed by atoms with Gasteiger partial charge in [0.05, 0.1) is 12.7 Å². The number of nitrogens with zero attached hydrogens (tertiary/aromatic N) is 1. The highest BCUT2D eigenvalue weighted by molar-refractivity contribution is 5.94. The predicted molar refractivity (Wildman–Crippen MR) is 86.1 cm³/mol. The Morgan fingerprint density at radius 1 is 1.22 bits per heavy atom. The van der Waals surface area contributed by atoms with Gasteiger partial charge in [-0.1, -0.05) is 24.0 Å². The number of amides is 1. The van der Waals surface area contributed by atoms with Crippen LogP contribution in [0, 0.1) is 11.8 Å². The topological polar surface area (TPSA) is 68.3 Å². The summed E-state index contributed by atoms with van der Waals surface area (Å²) in [5.41, 5.74) is 1.44. The number of rotatable bonds is 5. The molecule has 0 saturated heterocycles. The first-order valence-corrected chi connectivity index (χ1v) is 7.04. The standard InChI is InChI=1S/C18H16N2O3/c1-14(21)16-8-6-15(7-9-16)4-2-11-20-18(22)13-23-17-5-3-10-19-12-17/h3,5-10,12H,11,13H2,1H3,(H,20,22). The maximum atomic E-state index is 11.6. The number of Topliss-reactive ketones (excluding diaryl/α,β-unsaturated/α-hetero) is 1. The van der Waals surface area contributed by atoms with Crippen molar-refractivity contribution in [2.24, 2.45) is 0 Å². The lowest BCUT2D eigenvalue weighted by molar-refractivity contribution is -0.122. The number of hydrogen-bond donors (Lipinski definition) is 1. The third-order valence-corrected chi connectivity index (χ3v) is 2.90. The van der Waals surface area contributed by atoms with Crippen molar-refractivity contribution in [1.82, 2.24) is 10.3 Å². The molecular formula is C18H16N2O3. The highest BCUT2D eigenvalue weighted by Gasteiger charge is 2.01. The van der Waals surface area contributed by atoms with Crippen LogP contribution in [-0.4, -0.2) is 29.8 Å². The van der Waals surface area contributed by atoms with Crippen molar-refractivity contribution in [2.75, 3.05) is 13.2 Å². The van der Waals surface area contributed by atoms with Crippen molar-refractivity contribution in [3.05, 3.63) is 59.9 Å². The van der Waals surface area contributed by atoms with Gasteiger partial charge in [-0.25, -0.2) is 0 Å². The first kappa shape index (κ1) is 16.2. The molecule has 0 radical (unpaired) electrons. The van der Waals surface area contributed by atoms with Crippen LogP contribution in [0.2, 0.25) is 0 Å². The van der Waals surface area contributed by atoms with Crippen molar-refractivity contribution in [2.45, 2.75) is 6.92 Å². The number of aromatic nitrogens is 1. The Hall–Kier alpha value is -3.13. The van der Waals surface area contributed by atoms with Crippen LogP contribution in [0.5, 0.6) is 5.75 Å². The molecule has 0 spiro atoms. The molecule has 1 heterocycles. The monoisotopic (exact) mass is 308 g/mol. The number of ketones is 1. The Morgan fingerprint density at radius 3 is 2.65 bits per heavy atom. The fourth-order valence-corrected chi connectivity index (χ4v) is 1.71. The summed E-state index contributed by atoms with van der Waals surface area (Å²) in [5, 5.41) is 2.64. The first-order valence-electron chi connectivity index (χ1n) is 7.04. The minimum atomic E-state index is -0.255. The molecular weight excluding hydrogens is 292 g/mol. The average molecular weight is 308 g/mol. The first-order chi connectivity index (χ1) is 11.1. The van der Waals surface area contributed by atoms with E-state index in [1.807, 2.05) is 0 Å². The highest BCUT2D eigenvalue weighted by atomic mass is 16.5. The summed E-state index contributed by atoms with van der Waals surface area (Å²) in [6.07, 6.45) is 3.17. The molecule has 0 fully saturated rings. The van der Waals surface area contributed by atoms with E-state index < -0.39 is 0 Å². The maximum absolute atomic E-state index is 11.6. The van der Waals surface area contributed by atoms with Crippen molar-refractivity contribution < 1.29 is 14.3 Å². The van der Waals surface area contributed by atoms with E-state index in [4.69, 9.17) is 4.74 Å². The molecule has 2 rings (SSSR count). The van der Waals surface area contributed by atoms with Crippen molar-refractivity contribution >= 4 is 11.7 Å². The van der Waals surface area contributed by atoms with Crippen molar-refractivity contribution in [3.8, 4) is 17.6 Å². The van der Waals surface area contributed by atoms with E-state index in [0.717, 1.165) is 5.56 Å². The molecule has 0 aliphatic heterocycles. The molecule has 1 N–H and O–H groups in total. The summed E-state index contributed by atoms with van der Waals surface area (Å²) in [5.74, 6) is 6.06. The Labute approximate surface area is 134 Å². The molecule has 23 heavy (non-hydrogen) atoms. The minimum absolute atomic E-state index is 0.0189. The number of benzene rings is 1. The minimum Gasteiger partial charge on any atom is -0.482 e. The third kappa shape index (κ3) is 5.64. The van der Waals surface area contributed by atoms with Crippen LogP contribution < -0.4 is 10.1 Å². The lowest BCUT2D eigenvalue weighted by atomic mass is 10.1. The second-order valence-electron chi connectivity index (χ2n) is 4.69. The maximum Gasteiger partial charge on any atom is 0.258 e. The largest absolute Gasteiger partial charge is 0.482 e. The number of carbonyl (C=O) groups is 2. The summed E-state index contributed by atoms with van der Waals surface area (Å²) < 4.78 is 5.26. The molecule has 0 bridgehead atoms. The molecule has 0 aliphatic carbocycles. The lowest BCUT2D eigenvalue weighted by Gasteiger charge is -2.04. The Kier molecular flexibility index (Phi) is 5.89. The zero-order chi connectivity index (χ0) is 16.5. The van der Waals surface area contributed by atoms with E-state index in [1.54, 1.807) is 42.6 Å². The smallest absolute Gasteiger partial charge is 0.258 e. The van der Waals surface area contributed by atoms with Crippen LogP contribution in [0.15, 0.2) is 48.8 Å². The zero-order valence-electron chi connectivity index (χ0n) is 12.7. The van der Waals surface area contributed by atoms with Gasteiger partial charge >= 0.3 is 0 Å². The summed E-state index contributed by atoms with van der Waals surface area (Å²) in [6.45, 7) is 1.66. The Balaban J connectivity index is 1.74. The molecule has 0 atom stereocenters. The van der Waals surface area contributed by atoms with Gasteiger partial charge in [-0.15, -0.1) is 0 Å². The van der Waals surface area contributed by atoms with E-state index >= 15 is 0 Å². The summed E-state index contributed by atoms with van der Waals surface area (Å²) >= 11 is 0. The van der Waals surface area contributed by atoms with Gasteiger partial charge in [0.2, 0.25) is 0 Å². The molecule has 1 aromatic heterocycles. The second-order valence-corrected chi connectivity index (χ2v) is 4.69. The lowest BCUT2D eigenvalue weighted by Crippen LogP contribution is -2.29. The number of carbonyl (C=O) groups excluding carboxylic acids is 2. The SMILES string of the molecule is CC(=O)c1ccc(C#CCNC(=O)COc2cccnc2)cc1. The molecule has 1 aromatic carbocycles. The molecule has 0 saturated carbocycles. The van der Waals surface area contributed by atoms with Gasteiger partial charge in [0.1, 0.15) is 5.75 Å². The normalized spacial score (nSPS) is 9.43. The summed E-state index contributed by atoms with van der Waals surface area (Å²) in [7, 11) is 0. The molecule has 5 heteroatoms. The van der Waals surface area contributed by atoms with E-state index in [9.17, 15) is 9.59 Å². The van der Waals surface area contributed by atoms with Gasteiger partial charge in [-0.2, -0.15) is 0 Å². The van der Waals surface area contributed by atoms with E-state index in [0.29, 0.717) is 11.3 Å². The summed E-state index contributed by atoms with van der Waals surface area (Å²) in [4.78, 5) is 26.6. The molecule has 1 amide bonds. The van der Waals surface area contributed by atoms with Crippen LogP contribution >= 0.6 is 0 Å². The van der Waals surface area contributed by atoms with Crippen molar-refractivity contribution in [1.29, 1.82) is 0 Å². The predicted octanol–water partition coefficient (Wildman–Crippen LogP) is 1.83. The molecule has 0 unspecified atom stereocenters. The number of nitrogens with one attached hydrogen (secondary N) is 1. The third-order valence-electron chi connectivity index (χ3n) is 2.90. The van der Waals surface area contributed by atoms with Gasteiger partial charge in [0, 0.05) is 17.3 Å². The van der Waals surface area contributed by atoms with Crippen LogP contribution in [-0.2, 0) is 4.79 Å². The number of ether oxygens (including phenoxy) is 1. The van der Waals surface area contributed by atoms with Crippen LogP contribution in [0.3, 0.4) is 0 Å². The number of hydrogen-bond acceptors (Lipinski definition) is 4. The average Bonchev–Trinajstić information content (AvgIpc) is 2.58. The van der Waals surface area contributed by atoms with E-state index in [-0.39, 0.29) is 24.8 Å². The second kappa shape index (κ2) is 8.35. The molecule has 0 aliphatic rings. The molecule has 116 valence electrons. The van der Waals surface area contributed by atoms with E-state index in [1.165, 1.54) is 13.1 Å². The number of pyridine rings is 1.